The van der Waals surface area contributed by atoms with Crippen molar-refractivity contribution in [3.05, 3.63) is 45.5 Å². The fourth-order valence-corrected chi connectivity index (χ4v) is 3.03. The number of nitrogen functional groups attached to an aromatic ring is 1. The summed E-state index contributed by atoms with van der Waals surface area (Å²) in [7, 11) is 0. The number of carbonyl (C=O) groups excluding carboxylic acids is 1. The minimum absolute atomic E-state index is 0. The third-order valence-electron chi connectivity index (χ3n) is 5.10. The van der Waals surface area contributed by atoms with Gasteiger partial charge in [-0.15, -0.1) is 0 Å². The van der Waals surface area contributed by atoms with Crippen LogP contribution in [0.15, 0.2) is 12.1 Å². The Morgan fingerprint density at radius 3 is 2.11 bits per heavy atom. The molecule has 0 aliphatic heterocycles. The maximum atomic E-state index is 11.5. The summed E-state index contributed by atoms with van der Waals surface area (Å²) < 4.78 is 4.86. The van der Waals surface area contributed by atoms with Gasteiger partial charge in [-0.2, -0.15) is 0 Å². The molecule has 0 fully saturated rings. The normalized spacial score (nSPS) is 10.1. The Labute approximate surface area is 167 Å². The Hall–Kier alpha value is -2.47. The van der Waals surface area contributed by atoms with Gasteiger partial charge in [-0.05, 0) is 81.0 Å². The van der Waals surface area contributed by atoms with Crippen LogP contribution in [-0.2, 0) is 11.3 Å². The van der Waals surface area contributed by atoms with E-state index in [0.29, 0.717) is 24.7 Å². The Bertz CT molecular complexity index is 808. The number of benzene rings is 1. The lowest BCUT2D eigenvalue weighted by Crippen LogP contribution is -3.00. The van der Waals surface area contributed by atoms with E-state index in [-0.39, 0.29) is 12.4 Å². The smallest absolute Gasteiger partial charge is 0.411 e. The number of nitrogens with two attached hydrogens (primary N) is 1. The summed E-state index contributed by atoms with van der Waals surface area (Å²) in [5.74, 6) is 1.15. The fourth-order valence-electron chi connectivity index (χ4n) is 3.03. The molecule has 0 spiro atoms. The monoisotopic (exact) mass is 392 g/mol. The Morgan fingerprint density at radius 2 is 1.59 bits per heavy atom. The molecule has 1 aromatic carbocycles. The predicted octanol–water partition coefficient (Wildman–Crippen LogP) is 0.810. The zero-order valence-corrected chi connectivity index (χ0v) is 17.6. The molecule has 0 aliphatic carbocycles. The number of aromatic amines is 1. The van der Waals surface area contributed by atoms with E-state index >= 15 is 0 Å². The van der Waals surface area contributed by atoms with Crippen LogP contribution < -0.4 is 33.8 Å². The topological polar surface area (TPSA) is 90.5 Å². The first kappa shape index (κ1) is 22.6. The van der Waals surface area contributed by atoms with Crippen LogP contribution in [0.4, 0.5) is 22.1 Å². The molecule has 148 valence electrons. The standard InChI is InChI=1S/C20H28N4O2.ClH/c1-7-26-20(25)23-17-8-9-18(24-19(17)21)22-10-16-14(5)12(3)11(2)13(4)15(16)6;/h8-9H,7,10H2,1-6H3,(H,23,25)(H3,21,22,24);1H. The third kappa shape index (κ3) is 5.04. The number of hydrogen-bond donors (Lipinski definition) is 3. The van der Waals surface area contributed by atoms with Crippen molar-refractivity contribution in [1.29, 1.82) is 0 Å². The molecule has 0 saturated heterocycles. The van der Waals surface area contributed by atoms with Gasteiger partial charge in [0.2, 0.25) is 11.6 Å². The molecule has 0 radical (unpaired) electrons. The maximum absolute atomic E-state index is 11.5. The van der Waals surface area contributed by atoms with Crippen LogP contribution >= 0.6 is 0 Å². The summed E-state index contributed by atoms with van der Waals surface area (Å²) in [6, 6.07) is 3.59. The second-order valence-corrected chi connectivity index (χ2v) is 6.50. The van der Waals surface area contributed by atoms with Gasteiger partial charge in [-0.1, -0.05) is 0 Å². The number of hydrogen-bond acceptors (Lipinski definition) is 4. The summed E-state index contributed by atoms with van der Waals surface area (Å²) in [6.45, 7) is 13.6. The molecule has 0 bridgehead atoms. The number of H-pyrrole nitrogens is 1. The van der Waals surface area contributed by atoms with Crippen molar-refractivity contribution < 1.29 is 26.9 Å². The highest BCUT2D eigenvalue weighted by molar-refractivity contribution is 5.87. The zero-order chi connectivity index (χ0) is 19.4. The van der Waals surface area contributed by atoms with Gasteiger partial charge >= 0.3 is 6.09 Å². The van der Waals surface area contributed by atoms with Crippen LogP contribution in [0.25, 0.3) is 0 Å². The zero-order valence-electron chi connectivity index (χ0n) is 16.8. The minimum Gasteiger partial charge on any atom is -1.00 e. The van der Waals surface area contributed by atoms with Crippen molar-refractivity contribution in [2.75, 3.05) is 23.0 Å². The Balaban J connectivity index is 0.00000364. The van der Waals surface area contributed by atoms with E-state index in [1.165, 1.54) is 33.4 Å². The van der Waals surface area contributed by atoms with E-state index in [2.05, 4.69) is 50.2 Å². The number of nitrogens with one attached hydrogen (secondary N) is 3. The van der Waals surface area contributed by atoms with Gasteiger partial charge in [-0.3, -0.25) is 5.32 Å². The van der Waals surface area contributed by atoms with Crippen molar-refractivity contribution in [2.45, 2.75) is 48.1 Å². The predicted molar refractivity (Wildman–Crippen MR) is 106 cm³/mol. The summed E-state index contributed by atoms with van der Waals surface area (Å²) in [4.78, 5) is 14.6. The molecule has 27 heavy (non-hydrogen) atoms. The highest BCUT2D eigenvalue weighted by Gasteiger charge is 2.14. The second kappa shape index (κ2) is 9.46. The summed E-state index contributed by atoms with van der Waals surface area (Å²) in [6.07, 6.45) is -0.523. The average molecular weight is 393 g/mol. The van der Waals surface area contributed by atoms with Crippen LogP contribution in [-0.4, -0.2) is 12.7 Å². The first-order chi connectivity index (χ1) is 12.3. The molecule has 1 heterocycles. The van der Waals surface area contributed by atoms with E-state index in [9.17, 15) is 4.79 Å². The van der Waals surface area contributed by atoms with E-state index in [0.717, 1.165) is 5.82 Å². The molecule has 7 heteroatoms. The highest BCUT2D eigenvalue weighted by atomic mass is 35.5. The van der Waals surface area contributed by atoms with Crippen molar-refractivity contribution in [3.8, 4) is 0 Å². The molecule has 0 saturated carbocycles. The number of halogens is 1. The molecule has 0 aliphatic rings. The van der Waals surface area contributed by atoms with E-state index < -0.39 is 6.09 Å². The van der Waals surface area contributed by atoms with E-state index in [1.807, 2.05) is 6.07 Å². The Morgan fingerprint density at radius 1 is 1.04 bits per heavy atom. The molecule has 2 aromatic rings. The first-order valence-corrected chi connectivity index (χ1v) is 8.81. The van der Waals surface area contributed by atoms with E-state index in [4.69, 9.17) is 10.5 Å². The van der Waals surface area contributed by atoms with Crippen LogP contribution in [0.5, 0.6) is 0 Å². The summed E-state index contributed by atoms with van der Waals surface area (Å²) >= 11 is 0. The molecule has 0 atom stereocenters. The van der Waals surface area contributed by atoms with Gasteiger partial charge in [0.05, 0.1) is 13.2 Å². The van der Waals surface area contributed by atoms with Crippen molar-refractivity contribution in [3.63, 3.8) is 0 Å². The molecule has 5 N–H and O–H groups in total. The SMILES string of the molecule is CCOC(=O)Nc1ccc(NCc2c(C)c(C)c(C)c(C)c2C)[nH+]c1N.[Cl-]. The molecule has 2 rings (SSSR count). The fraction of sp³-hybridized carbons (Fsp3) is 0.400. The van der Waals surface area contributed by atoms with Crippen molar-refractivity contribution in [2.24, 2.45) is 0 Å². The van der Waals surface area contributed by atoms with Gasteiger partial charge in [0.15, 0.2) is 0 Å². The lowest BCUT2D eigenvalue weighted by molar-refractivity contribution is -0.342. The molecular formula is C20H29ClN4O2. The minimum atomic E-state index is -0.523. The highest BCUT2D eigenvalue weighted by Crippen LogP contribution is 2.26. The largest absolute Gasteiger partial charge is 1.00 e. The molecule has 0 unspecified atom stereocenters. The average Bonchev–Trinajstić information content (AvgIpc) is 2.60. The van der Waals surface area contributed by atoms with Gasteiger partial charge in [0, 0.05) is 6.07 Å². The van der Waals surface area contributed by atoms with Crippen molar-refractivity contribution >= 4 is 23.4 Å². The van der Waals surface area contributed by atoms with Crippen LogP contribution in [0.2, 0.25) is 0 Å². The molecule has 1 amide bonds. The van der Waals surface area contributed by atoms with Crippen LogP contribution in [0.1, 0.15) is 40.3 Å². The first-order valence-electron chi connectivity index (χ1n) is 8.81. The Kier molecular flexibility index (Phi) is 7.91. The van der Waals surface area contributed by atoms with Gasteiger partial charge in [0.1, 0.15) is 5.69 Å². The number of rotatable bonds is 5. The molecular weight excluding hydrogens is 364 g/mol. The quantitative estimate of drug-likeness (QED) is 0.702. The lowest BCUT2D eigenvalue weighted by Gasteiger charge is -2.18. The van der Waals surface area contributed by atoms with Crippen LogP contribution in [0.3, 0.4) is 0 Å². The number of anilines is 3. The number of carbonyl (C=O) groups is 1. The number of aromatic nitrogens is 1. The third-order valence-corrected chi connectivity index (χ3v) is 5.10. The maximum Gasteiger partial charge on any atom is 0.411 e. The van der Waals surface area contributed by atoms with Gasteiger partial charge in [-0.25, -0.2) is 9.78 Å². The molecule has 6 nitrogen and oxygen atoms in total. The van der Waals surface area contributed by atoms with Gasteiger partial charge < -0.3 is 28.2 Å². The van der Waals surface area contributed by atoms with Crippen molar-refractivity contribution in [1.82, 2.24) is 0 Å². The number of amides is 1. The van der Waals surface area contributed by atoms with Crippen LogP contribution in [0, 0.1) is 34.6 Å². The lowest BCUT2D eigenvalue weighted by atomic mass is 9.89. The molecule has 1 aromatic heterocycles. The van der Waals surface area contributed by atoms with E-state index in [1.54, 1.807) is 13.0 Å². The van der Waals surface area contributed by atoms with Gasteiger partial charge in [0.25, 0.3) is 0 Å². The second-order valence-electron chi connectivity index (χ2n) is 6.50. The number of pyridine rings is 1. The number of ether oxygens (including phenoxy) is 1. The summed E-state index contributed by atoms with van der Waals surface area (Å²) in [5.41, 5.74) is 14.4. The summed E-state index contributed by atoms with van der Waals surface area (Å²) in [5, 5.41) is 5.99.